The predicted molar refractivity (Wildman–Crippen MR) is 98.4 cm³/mol. The first kappa shape index (κ1) is 16.5. The number of nitrogens with zero attached hydrogens (tertiary/aromatic N) is 1. The molecule has 0 aromatic heterocycles. The molecule has 0 saturated carbocycles. The van der Waals surface area contributed by atoms with Gasteiger partial charge in [0.15, 0.2) is 0 Å². The first-order valence-electron chi connectivity index (χ1n) is 8.30. The Morgan fingerprint density at radius 3 is 2.62 bits per heavy atom. The van der Waals surface area contributed by atoms with Gasteiger partial charge in [0, 0.05) is 24.3 Å². The SMILES string of the molecule is C/C=C\c1ccc2c(c1)C(=O)N(c1ccc(C(C)COC)cc1)C2. The van der Waals surface area contributed by atoms with Gasteiger partial charge in [-0.25, -0.2) is 0 Å². The topological polar surface area (TPSA) is 29.5 Å². The van der Waals surface area contributed by atoms with Crippen LogP contribution in [0.2, 0.25) is 0 Å². The van der Waals surface area contributed by atoms with E-state index in [9.17, 15) is 4.79 Å². The standard InChI is InChI=1S/C21H23NO2/c1-4-5-16-6-7-18-13-22(21(23)20(18)12-16)19-10-8-17(9-11-19)15(2)14-24-3/h4-12,15H,13-14H2,1-3H3/b5-4-. The average molecular weight is 321 g/mol. The van der Waals surface area contributed by atoms with Gasteiger partial charge >= 0.3 is 0 Å². The lowest BCUT2D eigenvalue weighted by Crippen LogP contribution is -2.22. The fraction of sp³-hybridized carbons (Fsp3) is 0.286. The van der Waals surface area contributed by atoms with Crippen LogP contribution in [-0.4, -0.2) is 19.6 Å². The highest BCUT2D eigenvalue weighted by molar-refractivity contribution is 6.10. The number of hydrogen-bond donors (Lipinski definition) is 0. The van der Waals surface area contributed by atoms with Gasteiger partial charge in [-0.05, 0) is 41.8 Å². The second-order valence-electron chi connectivity index (χ2n) is 6.26. The molecule has 1 aliphatic heterocycles. The van der Waals surface area contributed by atoms with Crippen molar-refractivity contribution >= 4 is 17.7 Å². The summed E-state index contributed by atoms with van der Waals surface area (Å²) < 4.78 is 5.21. The molecular formula is C21H23NO2. The van der Waals surface area contributed by atoms with Crippen molar-refractivity contribution in [3.8, 4) is 0 Å². The predicted octanol–water partition coefficient (Wildman–Crippen LogP) is 4.63. The van der Waals surface area contributed by atoms with Crippen molar-refractivity contribution in [2.45, 2.75) is 26.3 Å². The molecule has 124 valence electrons. The summed E-state index contributed by atoms with van der Waals surface area (Å²) in [6.07, 6.45) is 4.00. The lowest BCUT2D eigenvalue weighted by molar-refractivity contribution is 0.0996. The number of hydrogen-bond acceptors (Lipinski definition) is 2. The number of fused-ring (bicyclic) bond motifs is 1. The first-order chi connectivity index (χ1) is 11.6. The number of ether oxygens (including phenoxy) is 1. The maximum atomic E-state index is 12.8. The van der Waals surface area contributed by atoms with Crippen LogP contribution >= 0.6 is 0 Å². The van der Waals surface area contributed by atoms with Crippen molar-refractivity contribution in [3.63, 3.8) is 0 Å². The van der Waals surface area contributed by atoms with Crippen LogP contribution < -0.4 is 4.90 Å². The normalized spacial score (nSPS) is 15.1. The summed E-state index contributed by atoms with van der Waals surface area (Å²) in [6, 6.07) is 14.3. The van der Waals surface area contributed by atoms with E-state index in [0.29, 0.717) is 19.1 Å². The highest BCUT2D eigenvalue weighted by Crippen LogP contribution is 2.30. The minimum Gasteiger partial charge on any atom is -0.384 e. The van der Waals surface area contributed by atoms with Crippen LogP contribution in [0.1, 0.15) is 46.8 Å². The number of carbonyl (C=O) groups excluding carboxylic acids is 1. The molecule has 0 bridgehead atoms. The van der Waals surface area contributed by atoms with Crippen LogP contribution in [-0.2, 0) is 11.3 Å². The molecule has 3 heteroatoms. The molecule has 1 amide bonds. The van der Waals surface area contributed by atoms with E-state index >= 15 is 0 Å². The molecule has 1 atom stereocenters. The molecule has 0 fully saturated rings. The number of amides is 1. The monoisotopic (exact) mass is 321 g/mol. The van der Waals surface area contributed by atoms with Gasteiger partial charge in [-0.15, -0.1) is 0 Å². The maximum Gasteiger partial charge on any atom is 0.258 e. The van der Waals surface area contributed by atoms with Gasteiger partial charge in [0.25, 0.3) is 5.91 Å². The Balaban J connectivity index is 1.82. The van der Waals surface area contributed by atoms with Crippen LogP contribution in [0.3, 0.4) is 0 Å². The number of methoxy groups -OCH3 is 1. The van der Waals surface area contributed by atoms with Crippen molar-refractivity contribution in [2.75, 3.05) is 18.6 Å². The van der Waals surface area contributed by atoms with Gasteiger partial charge in [0.05, 0.1) is 13.2 Å². The van der Waals surface area contributed by atoms with E-state index in [0.717, 1.165) is 22.4 Å². The van der Waals surface area contributed by atoms with Crippen LogP contribution in [0.25, 0.3) is 6.08 Å². The summed E-state index contributed by atoms with van der Waals surface area (Å²) in [5, 5.41) is 0. The number of anilines is 1. The van der Waals surface area contributed by atoms with Crippen LogP contribution in [0.5, 0.6) is 0 Å². The van der Waals surface area contributed by atoms with Gasteiger partial charge in [0.1, 0.15) is 0 Å². The van der Waals surface area contributed by atoms with Crippen LogP contribution in [0.15, 0.2) is 48.5 Å². The minimum absolute atomic E-state index is 0.0778. The van der Waals surface area contributed by atoms with E-state index in [2.05, 4.69) is 31.2 Å². The van der Waals surface area contributed by atoms with Gasteiger partial charge < -0.3 is 9.64 Å². The molecule has 0 aliphatic carbocycles. The average Bonchev–Trinajstić information content (AvgIpc) is 2.92. The van der Waals surface area contributed by atoms with E-state index in [1.165, 1.54) is 5.56 Å². The number of benzene rings is 2. The van der Waals surface area contributed by atoms with Crippen molar-refractivity contribution < 1.29 is 9.53 Å². The summed E-state index contributed by atoms with van der Waals surface area (Å²) in [4.78, 5) is 14.6. The van der Waals surface area contributed by atoms with E-state index < -0.39 is 0 Å². The Hall–Kier alpha value is -2.39. The van der Waals surface area contributed by atoms with Crippen molar-refractivity contribution in [2.24, 2.45) is 0 Å². The lowest BCUT2D eigenvalue weighted by atomic mass is 10.0. The summed E-state index contributed by atoms with van der Waals surface area (Å²) in [5.41, 5.74) is 5.12. The van der Waals surface area contributed by atoms with Crippen molar-refractivity contribution in [1.29, 1.82) is 0 Å². The zero-order valence-electron chi connectivity index (χ0n) is 14.5. The minimum atomic E-state index is 0.0778. The van der Waals surface area contributed by atoms with E-state index in [1.54, 1.807) is 7.11 Å². The zero-order chi connectivity index (χ0) is 17.1. The highest BCUT2D eigenvalue weighted by Gasteiger charge is 2.28. The van der Waals surface area contributed by atoms with Crippen LogP contribution in [0, 0.1) is 0 Å². The quantitative estimate of drug-likeness (QED) is 0.803. The van der Waals surface area contributed by atoms with E-state index in [1.807, 2.05) is 42.2 Å². The van der Waals surface area contributed by atoms with Gasteiger partial charge in [-0.3, -0.25) is 4.79 Å². The van der Waals surface area contributed by atoms with E-state index in [-0.39, 0.29) is 5.91 Å². The summed E-state index contributed by atoms with van der Waals surface area (Å²) in [6.45, 7) is 5.45. The fourth-order valence-corrected chi connectivity index (χ4v) is 3.15. The third-order valence-electron chi connectivity index (χ3n) is 4.49. The molecular weight excluding hydrogens is 298 g/mol. The van der Waals surface area contributed by atoms with Gasteiger partial charge in [-0.2, -0.15) is 0 Å². The largest absolute Gasteiger partial charge is 0.384 e. The third kappa shape index (κ3) is 3.13. The summed E-state index contributed by atoms with van der Waals surface area (Å²) in [5.74, 6) is 0.424. The molecule has 0 radical (unpaired) electrons. The Bertz CT molecular complexity index is 762. The van der Waals surface area contributed by atoms with Crippen molar-refractivity contribution in [1.82, 2.24) is 0 Å². The molecule has 24 heavy (non-hydrogen) atoms. The van der Waals surface area contributed by atoms with Gasteiger partial charge in [-0.1, -0.05) is 43.3 Å². The Morgan fingerprint density at radius 2 is 1.96 bits per heavy atom. The second kappa shape index (κ2) is 7.02. The third-order valence-corrected chi connectivity index (χ3v) is 4.49. The molecule has 0 N–H and O–H groups in total. The molecule has 1 aliphatic rings. The second-order valence-corrected chi connectivity index (χ2v) is 6.26. The summed E-state index contributed by atoms with van der Waals surface area (Å²) >= 11 is 0. The number of allylic oxidation sites excluding steroid dienone is 1. The molecule has 2 aromatic rings. The fourth-order valence-electron chi connectivity index (χ4n) is 3.15. The Labute approximate surface area is 143 Å². The maximum absolute atomic E-state index is 12.8. The number of rotatable bonds is 5. The molecule has 0 saturated heterocycles. The smallest absolute Gasteiger partial charge is 0.258 e. The highest BCUT2D eigenvalue weighted by atomic mass is 16.5. The molecule has 0 spiro atoms. The zero-order valence-corrected chi connectivity index (χ0v) is 14.5. The molecule has 1 heterocycles. The summed E-state index contributed by atoms with van der Waals surface area (Å²) in [7, 11) is 1.72. The Kier molecular flexibility index (Phi) is 4.81. The van der Waals surface area contributed by atoms with Gasteiger partial charge in [0.2, 0.25) is 0 Å². The van der Waals surface area contributed by atoms with Crippen LogP contribution in [0.4, 0.5) is 5.69 Å². The molecule has 3 nitrogen and oxygen atoms in total. The number of carbonyl (C=O) groups is 1. The molecule has 2 aromatic carbocycles. The Morgan fingerprint density at radius 1 is 1.21 bits per heavy atom. The first-order valence-corrected chi connectivity index (χ1v) is 8.30. The molecule has 1 unspecified atom stereocenters. The lowest BCUT2D eigenvalue weighted by Gasteiger charge is -2.17. The van der Waals surface area contributed by atoms with E-state index in [4.69, 9.17) is 4.74 Å². The molecule has 3 rings (SSSR count). The van der Waals surface area contributed by atoms with Crippen molar-refractivity contribution in [3.05, 3.63) is 70.8 Å².